The van der Waals surface area contributed by atoms with Crippen molar-refractivity contribution in [3.05, 3.63) is 83.4 Å². The van der Waals surface area contributed by atoms with Crippen molar-refractivity contribution in [1.29, 1.82) is 0 Å². The van der Waals surface area contributed by atoms with Crippen molar-refractivity contribution in [2.45, 2.75) is 30.4 Å². The number of aliphatic hydroxyl groups is 1. The fourth-order valence-electron chi connectivity index (χ4n) is 3.26. The van der Waals surface area contributed by atoms with Crippen LogP contribution in [0.5, 0.6) is 0 Å². The highest BCUT2D eigenvalue weighted by atomic mass is 32.2. The Morgan fingerprint density at radius 3 is 2.27 bits per heavy atom. The van der Waals surface area contributed by atoms with E-state index in [2.05, 4.69) is 10.3 Å². The predicted molar refractivity (Wildman–Crippen MR) is 115 cm³/mol. The van der Waals surface area contributed by atoms with E-state index in [0.717, 1.165) is 24.7 Å². The summed E-state index contributed by atoms with van der Waals surface area (Å²) in [5, 5.41) is 12.5. The van der Waals surface area contributed by atoms with Crippen LogP contribution >= 0.6 is 0 Å². The van der Waals surface area contributed by atoms with Crippen LogP contribution in [0.4, 0.5) is 18.9 Å². The van der Waals surface area contributed by atoms with Crippen LogP contribution in [0.25, 0.3) is 0 Å². The quantitative estimate of drug-likeness (QED) is 0.505. The molecule has 0 saturated carbocycles. The molecule has 0 aliphatic rings. The van der Waals surface area contributed by atoms with Crippen molar-refractivity contribution in [2.75, 3.05) is 5.32 Å². The molecular formula is C22H21F3N3O4S-. The highest BCUT2D eigenvalue weighted by molar-refractivity contribution is 7.79. The van der Waals surface area contributed by atoms with Crippen molar-refractivity contribution >= 4 is 22.7 Å². The summed E-state index contributed by atoms with van der Waals surface area (Å²) in [6.45, 7) is 1.54. The fourth-order valence-corrected chi connectivity index (χ4v) is 3.64. The van der Waals surface area contributed by atoms with Crippen molar-refractivity contribution in [1.82, 2.24) is 9.55 Å². The van der Waals surface area contributed by atoms with Crippen LogP contribution in [-0.2, 0) is 34.9 Å². The average molecular weight is 480 g/mol. The molecule has 3 atom stereocenters. The first kappa shape index (κ1) is 24.6. The Balaban J connectivity index is 1.72. The molecule has 3 aromatic rings. The van der Waals surface area contributed by atoms with E-state index in [4.69, 9.17) is 0 Å². The SMILES string of the molecule is CC(c1ccc(CC(=O)Nc2ccc(C(O)(c3cn(C)cn3)C(F)(F)F)cc2)cc1)S(=O)[O-]. The van der Waals surface area contributed by atoms with Gasteiger partial charge in [-0.25, -0.2) is 4.98 Å². The first-order valence-electron chi connectivity index (χ1n) is 9.76. The standard InChI is InChI=1S/C22H22F3N3O4S/c1-14(33(31)32)16-5-3-15(4-6-16)11-20(29)27-18-9-7-17(8-10-18)21(30,22(23,24)25)19-12-28(2)13-26-19/h3-10,12-14,30H,11H2,1-2H3,(H,27,29)(H,31,32)/p-1. The first-order valence-corrected chi connectivity index (χ1v) is 10.9. The average Bonchev–Trinajstić information content (AvgIpc) is 3.19. The van der Waals surface area contributed by atoms with Gasteiger partial charge in [-0.2, -0.15) is 13.2 Å². The summed E-state index contributed by atoms with van der Waals surface area (Å²) < 4.78 is 64.7. The lowest BCUT2D eigenvalue weighted by atomic mass is 9.90. The van der Waals surface area contributed by atoms with E-state index in [9.17, 15) is 31.8 Å². The van der Waals surface area contributed by atoms with Gasteiger partial charge < -0.3 is 19.5 Å². The van der Waals surface area contributed by atoms with Crippen LogP contribution in [0.2, 0.25) is 0 Å². The van der Waals surface area contributed by atoms with Gasteiger partial charge in [0, 0.05) is 24.2 Å². The minimum absolute atomic E-state index is 0.0166. The predicted octanol–water partition coefficient (Wildman–Crippen LogP) is 3.34. The number of nitrogens with zero attached hydrogens (tertiary/aromatic N) is 2. The van der Waals surface area contributed by atoms with Crippen molar-refractivity contribution in [3.63, 3.8) is 0 Å². The number of aryl methyl sites for hydroxylation is 1. The third kappa shape index (κ3) is 5.32. The molecule has 0 radical (unpaired) electrons. The number of anilines is 1. The van der Waals surface area contributed by atoms with Gasteiger partial charge in [-0.3, -0.25) is 9.00 Å². The Hall–Kier alpha value is -3.02. The summed E-state index contributed by atoms with van der Waals surface area (Å²) in [6.07, 6.45) is -2.79. The molecule has 176 valence electrons. The van der Waals surface area contributed by atoms with Gasteiger partial charge in [0.25, 0.3) is 0 Å². The highest BCUT2D eigenvalue weighted by Crippen LogP contribution is 2.43. The zero-order chi connectivity index (χ0) is 24.4. The van der Waals surface area contributed by atoms with Gasteiger partial charge in [-0.15, -0.1) is 0 Å². The van der Waals surface area contributed by atoms with Crippen LogP contribution < -0.4 is 5.32 Å². The van der Waals surface area contributed by atoms with Crippen LogP contribution in [0.1, 0.15) is 34.6 Å². The third-order valence-electron chi connectivity index (χ3n) is 5.17. The van der Waals surface area contributed by atoms with E-state index in [1.54, 1.807) is 31.2 Å². The molecule has 0 fully saturated rings. The molecule has 1 heterocycles. The Bertz CT molecular complexity index is 1150. The number of halogens is 3. The van der Waals surface area contributed by atoms with E-state index in [0.29, 0.717) is 11.1 Å². The number of rotatable bonds is 7. The van der Waals surface area contributed by atoms with Crippen LogP contribution in [0, 0.1) is 0 Å². The van der Waals surface area contributed by atoms with Gasteiger partial charge in [0.05, 0.1) is 12.7 Å². The zero-order valence-corrected chi connectivity index (χ0v) is 18.5. The van der Waals surface area contributed by atoms with Crippen molar-refractivity contribution < 1.29 is 31.8 Å². The second-order valence-electron chi connectivity index (χ2n) is 7.58. The van der Waals surface area contributed by atoms with E-state index in [1.807, 2.05) is 0 Å². The normalized spacial score (nSPS) is 15.5. The smallest absolute Gasteiger partial charge is 0.427 e. The van der Waals surface area contributed by atoms with Crippen molar-refractivity contribution in [2.24, 2.45) is 7.05 Å². The molecule has 1 amide bonds. The first-order chi connectivity index (χ1) is 15.4. The number of carbonyl (C=O) groups is 1. The lowest BCUT2D eigenvalue weighted by Gasteiger charge is -2.29. The van der Waals surface area contributed by atoms with E-state index in [-0.39, 0.29) is 12.1 Å². The molecular weight excluding hydrogens is 459 g/mol. The minimum Gasteiger partial charge on any atom is -0.772 e. The molecule has 7 nitrogen and oxygen atoms in total. The summed E-state index contributed by atoms with van der Waals surface area (Å²) >= 11 is -2.25. The van der Waals surface area contributed by atoms with Crippen LogP contribution in [0.15, 0.2) is 61.1 Å². The topological polar surface area (TPSA) is 107 Å². The number of carbonyl (C=O) groups excluding carboxylic acids is 1. The number of amides is 1. The maximum absolute atomic E-state index is 13.8. The minimum atomic E-state index is -5.02. The summed E-state index contributed by atoms with van der Waals surface area (Å²) in [6, 6.07) is 11.2. The Kier molecular flexibility index (Phi) is 7.06. The number of hydrogen-bond acceptors (Lipinski definition) is 5. The van der Waals surface area contributed by atoms with E-state index < -0.39 is 45.3 Å². The summed E-state index contributed by atoms with van der Waals surface area (Å²) in [5.74, 6) is -0.410. The summed E-state index contributed by atoms with van der Waals surface area (Å²) in [5.41, 5.74) is -2.82. The highest BCUT2D eigenvalue weighted by Gasteiger charge is 2.57. The number of benzene rings is 2. The largest absolute Gasteiger partial charge is 0.772 e. The van der Waals surface area contributed by atoms with E-state index >= 15 is 0 Å². The molecule has 11 heteroatoms. The number of hydrogen-bond donors (Lipinski definition) is 2. The molecule has 0 bridgehead atoms. The number of nitrogens with one attached hydrogen (secondary N) is 1. The molecule has 3 rings (SSSR count). The van der Waals surface area contributed by atoms with Gasteiger partial charge in [0.1, 0.15) is 5.69 Å². The molecule has 0 aliphatic carbocycles. The van der Waals surface area contributed by atoms with Gasteiger partial charge in [0.2, 0.25) is 11.5 Å². The number of imidazole rings is 1. The molecule has 0 spiro atoms. The van der Waals surface area contributed by atoms with E-state index in [1.165, 1.54) is 23.7 Å². The summed E-state index contributed by atoms with van der Waals surface area (Å²) in [4.78, 5) is 16.0. The lowest BCUT2D eigenvalue weighted by molar-refractivity contribution is -0.249. The summed E-state index contributed by atoms with van der Waals surface area (Å²) in [7, 11) is 1.49. The molecule has 1 aromatic heterocycles. The molecule has 0 saturated heterocycles. The molecule has 2 aromatic carbocycles. The third-order valence-corrected chi connectivity index (χ3v) is 6.02. The second-order valence-corrected chi connectivity index (χ2v) is 8.81. The fraction of sp³-hybridized carbons (Fsp3) is 0.273. The molecule has 33 heavy (non-hydrogen) atoms. The van der Waals surface area contributed by atoms with Crippen LogP contribution in [-0.4, -0.2) is 35.5 Å². The number of alkyl halides is 3. The van der Waals surface area contributed by atoms with Gasteiger partial charge in [0.15, 0.2) is 0 Å². The maximum atomic E-state index is 13.8. The monoisotopic (exact) mass is 480 g/mol. The number of aromatic nitrogens is 2. The molecule has 2 N–H and O–H groups in total. The lowest BCUT2D eigenvalue weighted by Crippen LogP contribution is -2.43. The maximum Gasteiger partial charge on any atom is 0.427 e. The Labute approximate surface area is 190 Å². The van der Waals surface area contributed by atoms with Gasteiger partial charge >= 0.3 is 6.18 Å². The zero-order valence-electron chi connectivity index (χ0n) is 17.7. The molecule has 0 aliphatic heterocycles. The Morgan fingerprint density at radius 2 is 1.79 bits per heavy atom. The van der Waals surface area contributed by atoms with Crippen LogP contribution in [0.3, 0.4) is 0 Å². The van der Waals surface area contributed by atoms with Gasteiger partial charge in [-0.05, 0) is 46.8 Å². The Morgan fingerprint density at radius 1 is 1.18 bits per heavy atom. The molecule has 3 unspecified atom stereocenters. The van der Waals surface area contributed by atoms with Crippen molar-refractivity contribution in [3.8, 4) is 0 Å². The van der Waals surface area contributed by atoms with Gasteiger partial charge in [-0.1, -0.05) is 36.4 Å². The second kappa shape index (κ2) is 9.46.